The van der Waals surface area contributed by atoms with E-state index in [1.165, 1.54) is 12.1 Å². The van der Waals surface area contributed by atoms with Crippen molar-refractivity contribution < 1.29 is 42.5 Å². The van der Waals surface area contributed by atoms with E-state index in [1.807, 2.05) is 6.07 Å². The van der Waals surface area contributed by atoms with Gasteiger partial charge in [0.15, 0.2) is 0 Å². The summed E-state index contributed by atoms with van der Waals surface area (Å²) in [5.74, 6) is 0. The Morgan fingerprint density at radius 2 is 2.06 bits per heavy atom. The average molecular weight is 362 g/mol. The predicted octanol–water partition coefficient (Wildman–Crippen LogP) is -0.649. The molecule has 1 unspecified atom stereocenters. The molecule has 0 aliphatic heterocycles. The topological polar surface area (TPSA) is 57.2 Å². The van der Waals surface area contributed by atoms with Crippen LogP contribution < -0.4 is 29.6 Å². The Hall–Kier alpha value is 0.860. The molecule has 1 atom stereocenters. The fraction of sp³-hybridized carbons (Fsp3) is 0.400. The molecule has 0 heterocycles. The molecule has 1 aromatic carbocycles. The Morgan fingerprint density at radius 3 is 2.56 bits per heavy atom. The fourth-order valence-electron chi connectivity index (χ4n) is 1.23. The molecular formula is C10H12INaO3S. The molecule has 0 radical (unpaired) electrons. The maximum Gasteiger partial charge on any atom is 1.00 e. The Morgan fingerprint density at radius 1 is 1.44 bits per heavy atom. The molecule has 16 heavy (non-hydrogen) atoms. The van der Waals surface area contributed by atoms with Crippen molar-refractivity contribution in [3.63, 3.8) is 0 Å². The minimum Gasteiger partial charge on any atom is -0.744 e. The third kappa shape index (κ3) is 5.46. The van der Waals surface area contributed by atoms with Gasteiger partial charge in [0.1, 0.15) is 10.1 Å². The van der Waals surface area contributed by atoms with Gasteiger partial charge in [0.05, 0.1) is 4.90 Å². The summed E-state index contributed by atoms with van der Waals surface area (Å²) >= 11 is 2.31. The van der Waals surface area contributed by atoms with Gasteiger partial charge in [-0.1, -0.05) is 41.6 Å². The van der Waals surface area contributed by atoms with E-state index in [9.17, 15) is 13.0 Å². The van der Waals surface area contributed by atoms with Crippen LogP contribution >= 0.6 is 22.6 Å². The van der Waals surface area contributed by atoms with Crippen molar-refractivity contribution in [3.8, 4) is 0 Å². The normalized spacial score (nSPS) is 12.9. The van der Waals surface area contributed by atoms with Crippen LogP contribution in [0.25, 0.3) is 0 Å². The van der Waals surface area contributed by atoms with Gasteiger partial charge >= 0.3 is 29.6 Å². The van der Waals surface area contributed by atoms with Gasteiger partial charge in [-0.15, -0.1) is 0 Å². The second-order valence-electron chi connectivity index (χ2n) is 3.31. The fourth-order valence-corrected chi connectivity index (χ4v) is 2.28. The van der Waals surface area contributed by atoms with Crippen LogP contribution in [0.3, 0.4) is 0 Å². The summed E-state index contributed by atoms with van der Waals surface area (Å²) in [4.78, 5) is -0.139. The molecule has 0 saturated heterocycles. The van der Waals surface area contributed by atoms with E-state index < -0.39 is 10.1 Å². The number of rotatable bonds is 4. The molecule has 0 saturated carbocycles. The quantitative estimate of drug-likeness (QED) is 0.310. The van der Waals surface area contributed by atoms with Crippen LogP contribution in [0.5, 0.6) is 0 Å². The van der Waals surface area contributed by atoms with Crippen LogP contribution in [0.4, 0.5) is 0 Å². The zero-order valence-electron chi connectivity index (χ0n) is 9.31. The van der Waals surface area contributed by atoms with E-state index in [0.29, 0.717) is 3.92 Å². The van der Waals surface area contributed by atoms with Gasteiger partial charge < -0.3 is 4.55 Å². The monoisotopic (exact) mass is 362 g/mol. The summed E-state index contributed by atoms with van der Waals surface area (Å²) in [6.07, 6.45) is 1.81. The van der Waals surface area contributed by atoms with Gasteiger partial charge in [-0.2, -0.15) is 0 Å². The van der Waals surface area contributed by atoms with Crippen LogP contribution in [-0.2, 0) is 16.5 Å². The van der Waals surface area contributed by atoms with Crippen molar-refractivity contribution in [1.29, 1.82) is 0 Å². The molecule has 1 rings (SSSR count). The number of hydrogen-bond donors (Lipinski definition) is 0. The summed E-state index contributed by atoms with van der Waals surface area (Å²) in [5, 5.41) is 0. The second-order valence-corrected chi connectivity index (χ2v) is 6.45. The molecule has 0 aliphatic carbocycles. The van der Waals surface area contributed by atoms with Gasteiger partial charge in [-0.3, -0.25) is 0 Å². The van der Waals surface area contributed by atoms with Crippen LogP contribution in [0.2, 0.25) is 0 Å². The smallest absolute Gasteiger partial charge is 0.744 e. The van der Waals surface area contributed by atoms with Gasteiger partial charge in [0.2, 0.25) is 0 Å². The largest absolute Gasteiger partial charge is 1.00 e. The third-order valence-electron chi connectivity index (χ3n) is 2.09. The first-order valence-electron chi connectivity index (χ1n) is 4.62. The Labute approximate surface area is 132 Å². The molecule has 0 N–H and O–H groups in total. The predicted molar refractivity (Wildman–Crippen MR) is 66.2 cm³/mol. The van der Waals surface area contributed by atoms with E-state index in [1.54, 1.807) is 6.07 Å². The van der Waals surface area contributed by atoms with E-state index >= 15 is 0 Å². The maximum atomic E-state index is 10.8. The summed E-state index contributed by atoms with van der Waals surface area (Å²) in [7, 11) is -4.32. The Bertz CT molecular complexity index is 433. The van der Waals surface area contributed by atoms with Crippen LogP contribution in [0, 0.1) is 0 Å². The van der Waals surface area contributed by atoms with E-state index in [2.05, 4.69) is 29.5 Å². The zero-order valence-corrected chi connectivity index (χ0v) is 14.3. The first-order valence-corrected chi connectivity index (χ1v) is 7.27. The van der Waals surface area contributed by atoms with Crippen molar-refractivity contribution >= 4 is 32.7 Å². The number of hydrogen-bond acceptors (Lipinski definition) is 3. The second kappa shape index (κ2) is 7.33. The first-order chi connectivity index (χ1) is 6.93. The molecule has 0 aromatic heterocycles. The van der Waals surface area contributed by atoms with Crippen LogP contribution in [0.1, 0.15) is 18.9 Å². The maximum absolute atomic E-state index is 10.8. The molecule has 1 aromatic rings. The van der Waals surface area contributed by atoms with Crippen molar-refractivity contribution in [2.24, 2.45) is 0 Å². The molecule has 0 bridgehead atoms. The first kappa shape index (κ1) is 16.9. The Kier molecular flexibility index (Phi) is 7.72. The van der Waals surface area contributed by atoms with Gasteiger partial charge in [0, 0.05) is 3.92 Å². The van der Waals surface area contributed by atoms with Gasteiger partial charge in [-0.05, 0) is 30.5 Å². The molecule has 3 nitrogen and oxygen atoms in total. The number of halogens is 1. The zero-order chi connectivity index (χ0) is 11.5. The third-order valence-corrected chi connectivity index (χ3v) is 4.24. The molecule has 84 valence electrons. The minimum atomic E-state index is -4.32. The summed E-state index contributed by atoms with van der Waals surface area (Å²) in [6.45, 7) is 2.07. The van der Waals surface area contributed by atoms with Gasteiger partial charge in [-0.25, -0.2) is 8.42 Å². The molecule has 0 aliphatic rings. The molecule has 0 amide bonds. The van der Waals surface area contributed by atoms with Gasteiger partial charge in [0.25, 0.3) is 0 Å². The van der Waals surface area contributed by atoms with Crippen molar-refractivity contribution in [3.05, 3.63) is 29.8 Å². The molecular weight excluding hydrogens is 350 g/mol. The minimum absolute atomic E-state index is 0. The number of benzene rings is 1. The summed E-state index contributed by atoms with van der Waals surface area (Å²) < 4.78 is 32.8. The van der Waals surface area contributed by atoms with E-state index in [-0.39, 0.29) is 34.5 Å². The molecule has 0 fully saturated rings. The van der Waals surface area contributed by atoms with Crippen molar-refractivity contribution in [2.75, 3.05) is 0 Å². The number of alkyl halides is 1. The Balaban J connectivity index is 0.00000225. The van der Waals surface area contributed by atoms with Crippen LogP contribution in [-0.4, -0.2) is 16.9 Å². The van der Waals surface area contributed by atoms with Crippen molar-refractivity contribution in [2.45, 2.75) is 28.6 Å². The summed E-state index contributed by atoms with van der Waals surface area (Å²) in [6, 6.07) is 6.25. The summed E-state index contributed by atoms with van der Waals surface area (Å²) in [5.41, 5.74) is 0.896. The van der Waals surface area contributed by atoms with Crippen LogP contribution in [0.15, 0.2) is 29.2 Å². The molecule has 6 heteroatoms. The van der Waals surface area contributed by atoms with Crippen molar-refractivity contribution in [1.82, 2.24) is 0 Å². The molecule has 0 spiro atoms. The van der Waals surface area contributed by atoms with E-state index in [4.69, 9.17) is 0 Å². The van der Waals surface area contributed by atoms with E-state index in [0.717, 1.165) is 18.4 Å². The SMILES string of the molecule is CCC(I)Cc1cccc(S(=O)(=O)[O-])c1.[Na+]. The average Bonchev–Trinajstić information content (AvgIpc) is 2.17. The standard InChI is InChI=1S/C10H13IO3S.Na/c1-2-9(11)6-8-4-3-5-10(7-8)15(12,13)14;/h3-5,7,9H,2,6H2,1H3,(H,12,13,14);/q;+1/p-1.